The second kappa shape index (κ2) is 10.3. The van der Waals surface area contributed by atoms with Crippen LogP contribution in [0.15, 0.2) is 60.8 Å². The van der Waals surface area contributed by atoms with Gasteiger partial charge in [0.25, 0.3) is 11.8 Å². The van der Waals surface area contributed by atoms with Crippen LogP contribution in [0.5, 0.6) is 5.75 Å². The van der Waals surface area contributed by atoms with Crippen molar-refractivity contribution in [3.05, 3.63) is 89.0 Å². The van der Waals surface area contributed by atoms with Gasteiger partial charge in [-0.2, -0.15) is 0 Å². The Labute approximate surface area is 193 Å². The van der Waals surface area contributed by atoms with Crippen molar-refractivity contribution in [3.63, 3.8) is 0 Å². The molecule has 1 aliphatic rings. The van der Waals surface area contributed by atoms with Crippen LogP contribution in [0.25, 0.3) is 0 Å². The molecule has 0 aliphatic carbocycles. The highest BCUT2D eigenvalue weighted by atomic mass is 16.5. The predicted octanol–water partition coefficient (Wildman–Crippen LogP) is 3.74. The van der Waals surface area contributed by atoms with Crippen LogP contribution in [0.3, 0.4) is 0 Å². The average molecular weight is 445 g/mol. The van der Waals surface area contributed by atoms with Gasteiger partial charge in [-0.1, -0.05) is 30.3 Å². The number of likely N-dealkylation sites (tertiary alicyclic amines) is 1. The number of carbonyl (C=O) groups excluding carboxylic acids is 2. The molecule has 0 saturated carbocycles. The number of hydrogen-bond donors (Lipinski definition) is 1. The molecule has 7 heteroatoms. The zero-order valence-corrected chi connectivity index (χ0v) is 19.0. The molecule has 2 amide bonds. The summed E-state index contributed by atoms with van der Waals surface area (Å²) in [5, 5.41) is 2.92. The van der Waals surface area contributed by atoms with Gasteiger partial charge in [-0.15, -0.1) is 0 Å². The van der Waals surface area contributed by atoms with Crippen LogP contribution >= 0.6 is 0 Å². The number of nitrogens with zero attached hydrogens (tertiary/aromatic N) is 3. The number of rotatable bonds is 6. The molecule has 0 spiro atoms. The number of hydrogen-bond acceptors (Lipinski definition) is 5. The Morgan fingerprint density at radius 1 is 1.15 bits per heavy atom. The van der Waals surface area contributed by atoms with Gasteiger partial charge in [-0.25, -0.2) is 9.97 Å². The van der Waals surface area contributed by atoms with E-state index >= 15 is 0 Å². The fraction of sp³-hybridized carbons (Fsp3) is 0.308. The molecule has 2 heterocycles. The van der Waals surface area contributed by atoms with Gasteiger partial charge in [-0.05, 0) is 49.6 Å². The lowest BCUT2D eigenvalue weighted by molar-refractivity contribution is 0.0704. The zero-order chi connectivity index (χ0) is 23.2. The fourth-order valence-electron chi connectivity index (χ4n) is 4.10. The third-order valence-electron chi connectivity index (χ3n) is 5.92. The van der Waals surface area contributed by atoms with E-state index in [4.69, 9.17) is 4.74 Å². The van der Waals surface area contributed by atoms with E-state index in [0.717, 1.165) is 30.7 Å². The van der Waals surface area contributed by atoms with Crippen molar-refractivity contribution >= 4 is 11.8 Å². The van der Waals surface area contributed by atoms with Crippen molar-refractivity contribution in [2.45, 2.75) is 32.2 Å². The Hall–Kier alpha value is -3.74. The van der Waals surface area contributed by atoms with E-state index in [1.165, 1.54) is 0 Å². The maximum absolute atomic E-state index is 12.8. The summed E-state index contributed by atoms with van der Waals surface area (Å²) in [6, 6.07) is 16.9. The van der Waals surface area contributed by atoms with Crippen LogP contribution in [0, 0.1) is 6.92 Å². The molecule has 1 saturated heterocycles. The monoisotopic (exact) mass is 444 g/mol. The Balaban J connectivity index is 1.41. The summed E-state index contributed by atoms with van der Waals surface area (Å²) < 4.78 is 5.23. The molecular weight excluding hydrogens is 416 g/mol. The number of aryl methyl sites for hydroxylation is 1. The first-order chi connectivity index (χ1) is 16.0. The first-order valence-corrected chi connectivity index (χ1v) is 11.1. The molecular formula is C26H28N4O3. The molecule has 1 aromatic heterocycles. The Bertz CT molecular complexity index is 1130. The maximum Gasteiger partial charge on any atom is 0.254 e. The summed E-state index contributed by atoms with van der Waals surface area (Å²) in [6.45, 7) is 3.51. The molecule has 7 nitrogen and oxygen atoms in total. The molecule has 170 valence electrons. The zero-order valence-electron chi connectivity index (χ0n) is 19.0. The van der Waals surface area contributed by atoms with Crippen molar-refractivity contribution in [1.29, 1.82) is 0 Å². The summed E-state index contributed by atoms with van der Waals surface area (Å²) in [5.74, 6) is 1.30. The number of piperidine rings is 1. The summed E-state index contributed by atoms with van der Waals surface area (Å²) in [5.41, 5.74) is 2.73. The van der Waals surface area contributed by atoms with E-state index in [2.05, 4.69) is 15.3 Å². The molecule has 0 unspecified atom stereocenters. The largest absolute Gasteiger partial charge is 0.497 e. The fourth-order valence-corrected chi connectivity index (χ4v) is 4.10. The second-order valence-electron chi connectivity index (χ2n) is 8.22. The van der Waals surface area contributed by atoms with E-state index in [1.54, 1.807) is 13.3 Å². The number of ether oxygens (including phenoxy) is 1. The Morgan fingerprint density at radius 2 is 1.97 bits per heavy atom. The third-order valence-corrected chi connectivity index (χ3v) is 5.92. The third kappa shape index (κ3) is 5.37. The molecule has 2 aromatic carbocycles. The highest BCUT2D eigenvalue weighted by Crippen LogP contribution is 2.26. The Morgan fingerprint density at radius 3 is 2.73 bits per heavy atom. The van der Waals surface area contributed by atoms with E-state index in [9.17, 15) is 9.59 Å². The first-order valence-electron chi connectivity index (χ1n) is 11.1. The maximum atomic E-state index is 12.8. The number of nitrogens with one attached hydrogen (secondary N) is 1. The number of carbonyl (C=O) groups is 2. The molecule has 1 N–H and O–H groups in total. The normalized spacial score (nSPS) is 15.7. The highest BCUT2D eigenvalue weighted by Gasteiger charge is 2.27. The SMILES string of the molecule is COc1cccc(CNC(=O)c2cnc([C@@H]3CCCN(C(=O)c4ccccc4)C3)nc2C)c1. The van der Waals surface area contributed by atoms with Crippen molar-refractivity contribution in [1.82, 2.24) is 20.2 Å². The molecule has 1 aliphatic heterocycles. The highest BCUT2D eigenvalue weighted by molar-refractivity contribution is 5.95. The van der Waals surface area contributed by atoms with Gasteiger partial charge in [0.05, 0.1) is 18.4 Å². The van der Waals surface area contributed by atoms with Crippen molar-refractivity contribution < 1.29 is 14.3 Å². The number of methoxy groups -OCH3 is 1. The van der Waals surface area contributed by atoms with Gasteiger partial charge in [0.1, 0.15) is 11.6 Å². The average Bonchev–Trinajstić information content (AvgIpc) is 2.87. The minimum atomic E-state index is -0.216. The molecule has 0 bridgehead atoms. The predicted molar refractivity (Wildman–Crippen MR) is 125 cm³/mol. The van der Waals surface area contributed by atoms with Gasteiger partial charge in [0.2, 0.25) is 0 Å². The van der Waals surface area contributed by atoms with Gasteiger partial charge < -0.3 is 15.0 Å². The molecule has 33 heavy (non-hydrogen) atoms. The van der Waals surface area contributed by atoms with Gasteiger partial charge in [0.15, 0.2) is 0 Å². The number of aromatic nitrogens is 2. The molecule has 0 radical (unpaired) electrons. The molecule has 4 rings (SSSR count). The summed E-state index contributed by atoms with van der Waals surface area (Å²) in [4.78, 5) is 36.6. The summed E-state index contributed by atoms with van der Waals surface area (Å²) in [6.07, 6.45) is 3.41. The summed E-state index contributed by atoms with van der Waals surface area (Å²) in [7, 11) is 1.61. The van der Waals surface area contributed by atoms with Gasteiger partial charge in [0, 0.05) is 37.3 Å². The standard InChI is InChI=1S/C26H28N4O3/c1-18-23(25(31)28-15-19-8-6-12-22(14-19)33-2)16-27-24(29-18)21-11-7-13-30(17-21)26(32)20-9-4-3-5-10-20/h3-6,8-10,12,14,16,21H,7,11,13,15,17H2,1-2H3,(H,28,31)/t21-/m1/s1. The lowest BCUT2D eigenvalue weighted by atomic mass is 9.96. The second-order valence-corrected chi connectivity index (χ2v) is 8.22. The van der Waals surface area contributed by atoms with E-state index in [0.29, 0.717) is 35.7 Å². The minimum Gasteiger partial charge on any atom is -0.497 e. The summed E-state index contributed by atoms with van der Waals surface area (Å²) >= 11 is 0. The lowest BCUT2D eigenvalue weighted by Gasteiger charge is -2.32. The van der Waals surface area contributed by atoms with Crippen molar-refractivity contribution in [2.75, 3.05) is 20.2 Å². The number of amides is 2. The quantitative estimate of drug-likeness (QED) is 0.626. The molecule has 1 atom stereocenters. The van der Waals surface area contributed by atoms with Crippen LogP contribution in [-0.2, 0) is 6.54 Å². The van der Waals surface area contributed by atoms with Crippen molar-refractivity contribution in [3.8, 4) is 5.75 Å². The topological polar surface area (TPSA) is 84.4 Å². The van der Waals surface area contributed by atoms with Crippen LogP contribution < -0.4 is 10.1 Å². The smallest absolute Gasteiger partial charge is 0.254 e. The lowest BCUT2D eigenvalue weighted by Crippen LogP contribution is -2.39. The van der Waals surface area contributed by atoms with Crippen LogP contribution in [0.1, 0.15) is 56.6 Å². The number of benzene rings is 2. The van der Waals surface area contributed by atoms with Crippen LogP contribution in [0.4, 0.5) is 0 Å². The van der Waals surface area contributed by atoms with Crippen molar-refractivity contribution in [2.24, 2.45) is 0 Å². The van der Waals surface area contributed by atoms with Gasteiger partial charge in [-0.3, -0.25) is 9.59 Å². The minimum absolute atomic E-state index is 0.0329. The van der Waals surface area contributed by atoms with Crippen LogP contribution in [0.2, 0.25) is 0 Å². The van der Waals surface area contributed by atoms with E-state index in [-0.39, 0.29) is 17.7 Å². The van der Waals surface area contributed by atoms with E-state index < -0.39 is 0 Å². The molecule has 3 aromatic rings. The van der Waals surface area contributed by atoms with E-state index in [1.807, 2.05) is 66.4 Å². The van der Waals surface area contributed by atoms with Gasteiger partial charge >= 0.3 is 0 Å². The Kier molecular flexibility index (Phi) is 6.98. The van der Waals surface area contributed by atoms with Crippen LogP contribution in [-0.4, -0.2) is 46.9 Å². The first kappa shape index (κ1) is 22.5. The molecule has 1 fully saturated rings.